The largest absolute Gasteiger partial charge is 0.378 e. The molecule has 0 aliphatic carbocycles. The lowest BCUT2D eigenvalue weighted by molar-refractivity contribution is 0.0945. The first-order valence-corrected chi connectivity index (χ1v) is 8.13. The van der Waals surface area contributed by atoms with E-state index in [4.69, 9.17) is 4.74 Å². The zero-order chi connectivity index (χ0) is 16.9. The van der Waals surface area contributed by atoms with Gasteiger partial charge in [0.1, 0.15) is 5.69 Å². The number of carbonyl (C=O) groups excluding carboxylic acids is 1. The summed E-state index contributed by atoms with van der Waals surface area (Å²) in [6.07, 6.45) is 1.63. The highest BCUT2D eigenvalue weighted by molar-refractivity contribution is 5.92. The highest BCUT2D eigenvalue weighted by Crippen LogP contribution is 2.11. The third-order valence-electron chi connectivity index (χ3n) is 3.90. The van der Waals surface area contributed by atoms with Crippen LogP contribution in [0.2, 0.25) is 0 Å². The number of morpholine rings is 1. The number of nitrogens with one attached hydrogen (secondary N) is 1. The topological polar surface area (TPSA) is 67.4 Å². The number of hydrogen-bond donors (Lipinski definition) is 1. The summed E-state index contributed by atoms with van der Waals surface area (Å²) in [4.78, 5) is 23.1. The third kappa shape index (κ3) is 4.08. The molecule has 1 saturated heterocycles. The van der Waals surface area contributed by atoms with Gasteiger partial charge in [-0.15, -0.1) is 0 Å². The molecule has 0 spiro atoms. The van der Waals surface area contributed by atoms with Crippen molar-refractivity contribution in [2.24, 2.45) is 0 Å². The molecule has 0 unspecified atom stereocenters. The van der Waals surface area contributed by atoms with Crippen LogP contribution in [-0.4, -0.2) is 42.2 Å². The normalized spacial score (nSPS) is 14.5. The number of amides is 1. The lowest BCUT2D eigenvalue weighted by Gasteiger charge is -2.26. The summed E-state index contributed by atoms with van der Waals surface area (Å²) in [7, 11) is 0. The average Bonchev–Trinajstić information content (AvgIpc) is 2.60. The molecule has 3 rings (SSSR count). The van der Waals surface area contributed by atoms with Crippen molar-refractivity contribution in [3.63, 3.8) is 0 Å². The molecule has 6 nitrogen and oxygen atoms in total. The second kappa shape index (κ2) is 7.40. The summed E-state index contributed by atoms with van der Waals surface area (Å²) in [5.74, 6) is 0.392. The van der Waals surface area contributed by atoms with Crippen molar-refractivity contribution in [1.82, 2.24) is 15.3 Å². The lowest BCUT2D eigenvalue weighted by atomic mass is 10.1. The van der Waals surface area contributed by atoms with E-state index in [-0.39, 0.29) is 5.91 Å². The van der Waals surface area contributed by atoms with Gasteiger partial charge in [0.2, 0.25) is 5.95 Å². The fraction of sp³-hybridized carbons (Fsp3) is 0.389. The smallest absolute Gasteiger partial charge is 0.270 e. The summed E-state index contributed by atoms with van der Waals surface area (Å²) in [5, 5.41) is 2.93. The number of aryl methyl sites for hydroxylation is 2. The molecule has 2 aromatic rings. The first kappa shape index (κ1) is 16.4. The quantitative estimate of drug-likeness (QED) is 0.929. The number of hydrogen-bond acceptors (Lipinski definition) is 5. The molecule has 0 saturated carbocycles. The number of carbonyl (C=O) groups is 1. The zero-order valence-corrected chi connectivity index (χ0v) is 14.1. The minimum absolute atomic E-state index is 0.189. The maximum absolute atomic E-state index is 12.4. The molecule has 126 valence electrons. The van der Waals surface area contributed by atoms with Gasteiger partial charge in [0.25, 0.3) is 5.91 Å². The van der Waals surface area contributed by atoms with Crippen LogP contribution in [0.1, 0.15) is 27.2 Å². The number of aromatic nitrogens is 2. The summed E-state index contributed by atoms with van der Waals surface area (Å²) in [6.45, 7) is 7.40. The van der Waals surface area contributed by atoms with Crippen molar-refractivity contribution >= 4 is 11.9 Å². The van der Waals surface area contributed by atoms with Crippen LogP contribution in [0.4, 0.5) is 5.95 Å². The fourth-order valence-corrected chi connectivity index (χ4v) is 2.83. The first-order chi connectivity index (χ1) is 11.6. The van der Waals surface area contributed by atoms with Gasteiger partial charge in [-0.25, -0.2) is 9.97 Å². The first-order valence-electron chi connectivity index (χ1n) is 8.13. The lowest BCUT2D eigenvalue weighted by Crippen LogP contribution is -2.37. The van der Waals surface area contributed by atoms with Gasteiger partial charge in [-0.05, 0) is 25.5 Å². The van der Waals surface area contributed by atoms with Crippen LogP contribution in [0.25, 0.3) is 0 Å². The van der Waals surface area contributed by atoms with Crippen LogP contribution in [0.15, 0.2) is 30.5 Å². The molecule has 6 heteroatoms. The molecule has 0 bridgehead atoms. The van der Waals surface area contributed by atoms with E-state index in [1.54, 1.807) is 12.3 Å². The minimum Gasteiger partial charge on any atom is -0.378 e. The Balaban J connectivity index is 1.66. The maximum Gasteiger partial charge on any atom is 0.270 e. The molecule has 1 aliphatic rings. The van der Waals surface area contributed by atoms with E-state index in [0.717, 1.165) is 18.7 Å². The molecule has 2 heterocycles. The van der Waals surface area contributed by atoms with E-state index in [0.29, 0.717) is 31.4 Å². The highest BCUT2D eigenvalue weighted by Gasteiger charge is 2.16. The van der Waals surface area contributed by atoms with Crippen LogP contribution in [0, 0.1) is 13.8 Å². The Labute approximate surface area is 141 Å². The van der Waals surface area contributed by atoms with Gasteiger partial charge >= 0.3 is 0 Å². The van der Waals surface area contributed by atoms with Gasteiger partial charge < -0.3 is 15.0 Å². The number of rotatable bonds is 4. The molecular weight excluding hydrogens is 304 g/mol. The van der Waals surface area contributed by atoms with Gasteiger partial charge in [-0.1, -0.05) is 29.3 Å². The van der Waals surface area contributed by atoms with Crippen molar-refractivity contribution < 1.29 is 9.53 Å². The molecule has 1 aromatic carbocycles. The van der Waals surface area contributed by atoms with E-state index in [2.05, 4.69) is 47.3 Å². The number of ether oxygens (including phenoxy) is 1. The number of benzene rings is 1. The second-order valence-corrected chi connectivity index (χ2v) is 6.02. The Morgan fingerprint density at radius 2 is 1.92 bits per heavy atom. The Hall–Kier alpha value is -2.47. The summed E-state index contributed by atoms with van der Waals surface area (Å²) in [5.41, 5.74) is 3.85. The molecular formula is C18H22N4O2. The highest BCUT2D eigenvalue weighted by atomic mass is 16.5. The van der Waals surface area contributed by atoms with E-state index >= 15 is 0 Å². The van der Waals surface area contributed by atoms with Crippen molar-refractivity contribution in [2.45, 2.75) is 20.4 Å². The van der Waals surface area contributed by atoms with Crippen molar-refractivity contribution in [1.29, 1.82) is 0 Å². The Kier molecular flexibility index (Phi) is 5.05. The monoisotopic (exact) mass is 326 g/mol. The molecule has 1 N–H and O–H groups in total. The predicted octanol–water partition coefficient (Wildman–Crippen LogP) is 1.86. The zero-order valence-electron chi connectivity index (χ0n) is 14.1. The molecule has 0 radical (unpaired) electrons. The molecule has 1 amide bonds. The molecule has 0 atom stereocenters. The summed E-state index contributed by atoms with van der Waals surface area (Å²) < 4.78 is 5.33. The summed E-state index contributed by atoms with van der Waals surface area (Å²) >= 11 is 0. The number of nitrogens with zero attached hydrogens (tertiary/aromatic N) is 3. The van der Waals surface area contributed by atoms with Crippen LogP contribution < -0.4 is 10.2 Å². The van der Waals surface area contributed by atoms with Crippen LogP contribution in [0.5, 0.6) is 0 Å². The van der Waals surface area contributed by atoms with Crippen LogP contribution in [-0.2, 0) is 11.3 Å². The Morgan fingerprint density at radius 3 is 2.62 bits per heavy atom. The van der Waals surface area contributed by atoms with Gasteiger partial charge in [-0.2, -0.15) is 0 Å². The standard InChI is InChI=1S/C18H22N4O2/c1-13-9-14(2)11-15(10-13)12-20-17(23)16-3-4-19-18(21-16)22-5-7-24-8-6-22/h3-4,9-11H,5-8,12H2,1-2H3,(H,20,23). The predicted molar refractivity (Wildman–Crippen MR) is 92.2 cm³/mol. The Bertz CT molecular complexity index is 706. The van der Waals surface area contributed by atoms with Crippen molar-refractivity contribution in [3.05, 3.63) is 52.8 Å². The van der Waals surface area contributed by atoms with E-state index in [9.17, 15) is 4.79 Å². The average molecular weight is 326 g/mol. The van der Waals surface area contributed by atoms with Gasteiger partial charge in [0, 0.05) is 25.8 Å². The number of anilines is 1. The molecule has 1 aromatic heterocycles. The van der Waals surface area contributed by atoms with Gasteiger partial charge in [0.05, 0.1) is 13.2 Å². The van der Waals surface area contributed by atoms with E-state index in [1.165, 1.54) is 11.1 Å². The van der Waals surface area contributed by atoms with Crippen LogP contribution in [0.3, 0.4) is 0 Å². The van der Waals surface area contributed by atoms with E-state index < -0.39 is 0 Å². The van der Waals surface area contributed by atoms with Gasteiger partial charge in [-0.3, -0.25) is 4.79 Å². The van der Waals surface area contributed by atoms with E-state index in [1.807, 2.05) is 4.90 Å². The molecule has 1 fully saturated rings. The van der Waals surface area contributed by atoms with Crippen molar-refractivity contribution in [3.8, 4) is 0 Å². The molecule has 1 aliphatic heterocycles. The SMILES string of the molecule is Cc1cc(C)cc(CNC(=O)c2ccnc(N3CCOCC3)n2)c1. The van der Waals surface area contributed by atoms with Crippen molar-refractivity contribution in [2.75, 3.05) is 31.2 Å². The second-order valence-electron chi connectivity index (χ2n) is 6.02. The van der Waals surface area contributed by atoms with Crippen LogP contribution >= 0.6 is 0 Å². The van der Waals surface area contributed by atoms with Gasteiger partial charge in [0.15, 0.2) is 0 Å². The minimum atomic E-state index is -0.189. The fourth-order valence-electron chi connectivity index (χ4n) is 2.83. The summed E-state index contributed by atoms with van der Waals surface area (Å²) in [6, 6.07) is 7.91. The third-order valence-corrected chi connectivity index (χ3v) is 3.90. The maximum atomic E-state index is 12.4. The Morgan fingerprint density at radius 1 is 1.21 bits per heavy atom. The molecule has 24 heavy (non-hydrogen) atoms.